The normalized spacial score (nSPS) is 13.4. The van der Waals surface area contributed by atoms with Gasteiger partial charge in [-0.1, -0.05) is 26.7 Å². The Balaban J connectivity index is 4.15. The molecule has 0 fully saturated rings. The smallest absolute Gasteiger partial charge is 0.306 e. The van der Waals surface area contributed by atoms with E-state index >= 15 is 0 Å². The van der Waals surface area contributed by atoms with Crippen molar-refractivity contribution in [3.8, 4) is 0 Å². The van der Waals surface area contributed by atoms with Crippen LogP contribution in [0.1, 0.15) is 66.2 Å². The molecule has 2 atom stereocenters. The van der Waals surface area contributed by atoms with Crippen LogP contribution in [-0.2, 0) is 23.9 Å². The molecule has 0 aliphatic carbocycles. The SMILES string of the molecule is CCCCC(=O)OC(C)C(=O)C(C)OC(=O)CCCC. The second-order valence-electron chi connectivity index (χ2n) is 4.87. The number of carbonyl (C=O) groups is 3. The molecule has 0 heterocycles. The number of carbonyl (C=O) groups excluding carboxylic acids is 3. The molecule has 0 rings (SSSR count). The third kappa shape index (κ3) is 7.92. The van der Waals surface area contributed by atoms with Crippen molar-refractivity contribution in [2.75, 3.05) is 0 Å². The van der Waals surface area contributed by atoms with E-state index in [4.69, 9.17) is 9.47 Å². The van der Waals surface area contributed by atoms with Gasteiger partial charge in [0.25, 0.3) is 0 Å². The lowest BCUT2D eigenvalue weighted by Gasteiger charge is -2.17. The third-order valence-electron chi connectivity index (χ3n) is 2.89. The van der Waals surface area contributed by atoms with Crippen molar-refractivity contribution in [1.29, 1.82) is 0 Å². The molecule has 0 spiro atoms. The summed E-state index contributed by atoms with van der Waals surface area (Å²) in [7, 11) is 0. The van der Waals surface area contributed by atoms with Crippen LogP contribution >= 0.6 is 0 Å². The summed E-state index contributed by atoms with van der Waals surface area (Å²) in [6.45, 7) is 6.95. The number of hydrogen-bond donors (Lipinski definition) is 0. The first-order valence-corrected chi connectivity index (χ1v) is 7.35. The molecule has 0 aliphatic rings. The van der Waals surface area contributed by atoms with E-state index in [2.05, 4.69) is 0 Å². The van der Waals surface area contributed by atoms with Gasteiger partial charge in [0.05, 0.1) is 0 Å². The number of unbranched alkanes of at least 4 members (excludes halogenated alkanes) is 2. The van der Waals surface area contributed by atoms with Crippen LogP contribution in [-0.4, -0.2) is 29.9 Å². The first-order chi connectivity index (χ1) is 9.42. The molecule has 2 unspecified atom stereocenters. The van der Waals surface area contributed by atoms with Crippen molar-refractivity contribution in [1.82, 2.24) is 0 Å². The van der Waals surface area contributed by atoms with E-state index in [1.807, 2.05) is 13.8 Å². The molecule has 0 aromatic carbocycles. The molecule has 20 heavy (non-hydrogen) atoms. The predicted octanol–water partition coefficient (Wildman–Crippen LogP) is 2.80. The van der Waals surface area contributed by atoms with Crippen molar-refractivity contribution in [3.63, 3.8) is 0 Å². The summed E-state index contributed by atoms with van der Waals surface area (Å²) >= 11 is 0. The number of ether oxygens (including phenoxy) is 2. The summed E-state index contributed by atoms with van der Waals surface area (Å²) in [5.74, 6) is -1.17. The first-order valence-electron chi connectivity index (χ1n) is 7.35. The van der Waals surface area contributed by atoms with Gasteiger partial charge in [-0.05, 0) is 26.7 Å². The number of hydrogen-bond acceptors (Lipinski definition) is 5. The fraction of sp³-hybridized carbons (Fsp3) is 0.800. The number of ketones is 1. The number of esters is 2. The Bertz CT molecular complexity index is 294. The van der Waals surface area contributed by atoms with E-state index in [0.717, 1.165) is 25.7 Å². The topological polar surface area (TPSA) is 69.7 Å². The Hall–Kier alpha value is -1.39. The zero-order valence-electron chi connectivity index (χ0n) is 12.9. The highest BCUT2D eigenvalue weighted by atomic mass is 16.6. The van der Waals surface area contributed by atoms with Crippen LogP contribution in [0.3, 0.4) is 0 Å². The number of Topliss-reactive ketones (excluding diaryl/α,β-unsaturated/α-hetero) is 1. The van der Waals surface area contributed by atoms with Gasteiger partial charge in [0.1, 0.15) is 0 Å². The van der Waals surface area contributed by atoms with E-state index in [1.165, 1.54) is 13.8 Å². The Morgan fingerprint density at radius 1 is 0.800 bits per heavy atom. The summed E-state index contributed by atoms with van der Waals surface area (Å²) in [5, 5.41) is 0. The van der Waals surface area contributed by atoms with Crippen molar-refractivity contribution < 1.29 is 23.9 Å². The lowest BCUT2D eigenvalue weighted by atomic mass is 10.1. The minimum atomic E-state index is -0.881. The highest BCUT2D eigenvalue weighted by molar-refractivity contribution is 5.90. The van der Waals surface area contributed by atoms with Gasteiger partial charge in [-0.2, -0.15) is 0 Å². The highest BCUT2D eigenvalue weighted by Gasteiger charge is 2.25. The molecule has 0 saturated heterocycles. The van der Waals surface area contributed by atoms with E-state index in [0.29, 0.717) is 12.8 Å². The molecule has 0 radical (unpaired) electrons. The van der Waals surface area contributed by atoms with Crippen molar-refractivity contribution >= 4 is 17.7 Å². The average molecular weight is 286 g/mol. The zero-order chi connectivity index (χ0) is 15.5. The summed E-state index contributed by atoms with van der Waals surface area (Å²) in [6, 6.07) is 0. The van der Waals surface area contributed by atoms with Gasteiger partial charge in [-0.15, -0.1) is 0 Å². The molecule has 0 aromatic rings. The van der Waals surface area contributed by atoms with Crippen LogP contribution in [0.5, 0.6) is 0 Å². The van der Waals surface area contributed by atoms with Gasteiger partial charge in [-0.25, -0.2) is 0 Å². The molecule has 0 saturated carbocycles. The largest absolute Gasteiger partial charge is 0.454 e. The Labute approximate surface area is 121 Å². The summed E-state index contributed by atoms with van der Waals surface area (Å²) in [4.78, 5) is 34.7. The maximum Gasteiger partial charge on any atom is 0.306 e. The van der Waals surface area contributed by atoms with Crippen LogP contribution in [0.4, 0.5) is 0 Å². The molecule has 0 N–H and O–H groups in total. The Morgan fingerprint density at radius 3 is 1.45 bits per heavy atom. The minimum absolute atomic E-state index is 0.304. The second-order valence-corrected chi connectivity index (χ2v) is 4.87. The molecule has 5 heteroatoms. The summed E-state index contributed by atoms with van der Waals surface area (Å²) < 4.78 is 10.0. The maximum atomic E-state index is 11.9. The summed E-state index contributed by atoms with van der Waals surface area (Å²) in [6.07, 6.45) is 2.10. The van der Waals surface area contributed by atoms with Crippen LogP contribution in [0.25, 0.3) is 0 Å². The van der Waals surface area contributed by atoms with Gasteiger partial charge >= 0.3 is 11.9 Å². The van der Waals surface area contributed by atoms with Crippen LogP contribution in [0.15, 0.2) is 0 Å². The van der Waals surface area contributed by atoms with E-state index in [9.17, 15) is 14.4 Å². The lowest BCUT2D eigenvalue weighted by Crippen LogP contribution is -2.35. The van der Waals surface area contributed by atoms with Crippen molar-refractivity contribution in [3.05, 3.63) is 0 Å². The van der Waals surface area contributed by atoms with Crippen LogP contribution < -0.4 is 0 Å². The van der Waals surface area contributed by atoms with Crippen LogP contribution in [0, 0.1) is 0 Å². The average Bonchev–Trinajstić information content (AvgIpc) is 2.41. The molecule has 0 aliphatic heterocycles. The molecule has 0 aromatic heterocycles. The summed E-state index contributed by atoms with van der Waals surface area (Å²) in [5.41, 5.74) is 0. The maximum absolute atomic E-state index is 11.9. The van der Waals surface area contributed by atoms with E-state index < -0.39 is 24.1 Å². The molecular formula is C15H26O5. The molecule has 116 valence electrons. The third-order valence-corrected chi connectivity index (χ3v) is 2.89. The lowest BCUT2D eigenvalue weighted by molar-refractivity contribution is -0.162. The van der Waals surface area contributed by atoms with Crippen molar-refractivity contribution in [2.45, 2.75) is 78.4 Å². The fourth-order valence-corrected chi connectivity index (χ4v) is 1.60. The molecule has 0 bridgehead atoms. The first kappa shape index (κ1) is 18.6. The quantitative estimate of drug-likeness (QED) is 0.577. The second kappa shape index (κ2) is 10.4. The van der Waals surface area contributed by atoms with Gasteiger partial charge in [0.15, 0.2) is 12.2 Å². The van der Waals surface area contributed by atoms with Gasteiger partial charge in [-0.3, -0.25) is 14.4 Å². The highest BCUT2D eigenvalue weighted by Crippen LogP contribution is 2.07. The predicted molar refractivity (Wildman–Crippen MR) is 75.2 cm³/mol. The van der Waals surface area contributed by atoms with Gasteiger partial charge in [0, 0.05) is 12.8 Å². The monoisotopic (exact) mass is 286 g/mol. The minimum Gasteiger partial charge on any atom is -0.454 e. The van der Waals surface area contributed by atoms with E-state index in [1.54, 1.807) is 0 Å². The fourth-order valence-electron chi connectivity index (χ4n) is 1.60. The number of rotatable bonds is 10. The molecular weight excluding hydrogens is 260 g/mol. The molecule has 0 amide bonds. The van der Waals surface area contributed by atoms with E-state index in [-0.39, 0.29) is 5.78 Å². The Kier molecular flexibility index (Phi) is 9.68. The molecule has 5 nitrogen and oxygen atoms in total. The standard InChI is InChI=1S/C15H26O5/c1-5-7-9-13(16)19-11(3)15(18)12(4)20-14(17)10-8-6-2/h11-12H,5-10H2,1-4H3. The zero-order valence-corrected chi connectivity index (χ0v) is 12.9. The van der Waals surface area contributed by atoms with Gasteiger partial charge in [0.2, 0.25) is 5.78 Å². The van der Waals surface area contributed by atoms with Crippen LogP contribution in [0.2, 0.25) is 0 Å². The van der Waals surface area contributed by atoms with Gasteiger partial charge < -0.3 is 9.47 Å². The van der Waals surface area contributed by atoms with Crippen molar-refractivity contribution in [2.24, 2.45) is 0 Å². The Morgan fingerprint density at radius 2 is 1.15 bits per heavy atom.